The van der Waals surface area contributed by atoms with Gasteiger partial charge < -0.3 is 19.5 Å². The molecule has 9 nitrogen and oxygen atoms in total. The van der Waals surface area contributed by atoms with Crippen molar-refractivity contribution in [1.29, 1.82) is 0 Å². The summed E-state index contributed by atoms with van der Waals surface area (Å²) in [5, 5.41) is 6.99. The fraction of sp³-hybridized carbons (Fsp3) is 0.200. The highest BCUT2D eigenvalue weighted by atomic mass is 16.6. The molecule has 1 N–H and O–H groups in total. The average molecular weight is 396 g/mol. The summed E-state index contributed by atoms with van der Waals surface area (Å²) in [6, 6.07) is 10.2. The summed E-state index contributed by atoms with van der Waals surface area (Å²) in [6.45, 7) is 0.0670. The lowest BCUT2D eigenvalue weighted by Gasteiger charge is -2.12. The molecular weight excluding hydrogens is 376 g/mol. The first-order chi connectivity index (χ1) is 14.1. The van der Waals surface area contributed by atoms with E-state index in [2.05, 4.69) is 20.1 Å². The van der Waals surface area contributed by atoms with E-state index in [1.165, 1.54) is 14.2 Å². The molecule has 0 saturated carbocycles. The van der Waals surface area contributed by atoms with Gasteiger partial charge in [0.25, 0.3) is 5.91 Å². The molecule has 0 aliphatic rings. The van der Waals surface area contributed by atoms with E-state index in [0.29, 0.717) is 29.4 Å². The monoisotopic (exact) mass is 396 g/mol. The molecule has 9 heteroatoms. The lowest BCUT2D eigenvalue weighted by Crippen LogP contribution is -2.23. The first-order valence-corrected chi connectivity index (χ1v) is 8.71. The van der Waals surface area contributed by atoms with Crippen LogP contribution in [0.25, 0.3) is 5.82 Å². The third-order valence-corrected chi connectivity index (χ3v) is 4.00. The Kier molecular flexibility index (Phi) is 6.41. The second-order valence-electron chi connectivity index (χ2n) is 5.89. The zero-order chi connectivity index (χ0) is 20.6. The molecule has 0 saturated heterocycles. The van der Waals surface area contributed by atoms with Crippen molar-refractivity contribution in [2.45, 2.75) is 6.54 Å². The summed E-state index contributed by atoms with van der Waals surface area (Å²) in [5.41, 5.74) is 1.28. The van der Waals surface area contributed by atoms with Gasteiger partial charge >= 0.3 is 5.97 Å². The van der Waals surface area contributed by atoms with E-state index >= 15 is 0 Å². The second kappa shape index (κ2) is 9.36. The molecule has 0 atom stereocenters. The Balaban J connectivity index is 1.65. The number of carbonyl (C=O) groups is 2. The van der Waals surface area contributed by atoms with E-state index in [0.717, 1.165) is 5.56 Å². The summed E-state index contributed by atoms with van der Waals surface area (Å²) in [6.07, 6.45) is 5.12. The first-order valence-electron chi connectivity index (χ1n) is 8.71. The Morgan fingerprint density at radius 1 is 1.10 bits per heavy atom. The lowest BCUT2D eigenvalue weighted by molar-refractivity contribution is -0.142. The number of methoxy groups -OCH3 is 2. The van der Waals surface area contributed by atoms with Crippen LogP contribution >= 0.6 is 0 Å². The molecule has 0 radical (unpaired) electrons. The smallest absolute Gasteiger partial charge is 0.343 e. The molecule has 2 heterocycles. The largest absolute Gasteiger partial charge is 0.493 e. The minimum absolute atomic E-state index is 0.251. The van der Waals surface area contributed by atoms with E-state index < -0.39 is 5.97 Å². The van der Waals surface area contributed by atoms with Gasteiger partial charge in [0.05, 0.1) is 14.2 Å². The number of hydrogen-bond acceptors (Lipinski definition) is 7. The van der Waals surface area contributed by atoms with Gasteiger partial charge in [0, 0.05) is 30.7 Å². The van der Waals surface area contributed by atoms with E-state index in [1.54, 1.807) is 41.5 Å². The van der Waals surface area contributed by atoms with Gasteiger partial charge in [0.1, 0.15) is 0 Å². The van der Waals surface area contributed by atoms with Crippen LogP contribution in [0, 0.1) is 0 Å². The molecule has 3 rings (SSSR count). The van der Waals surface area contributed by atoms with Gasteiger partial charge in [0.2, 0.25) is 0 Å². The summed E-state index contributed by atoms with van der Waals surface area (Å²) in [4.78, 5) is 28.0. The molecule has 0 fully saturated rings. The quantitative estimate of drug-likeness (QED) is 0.579. The van der Waals surface area contributed by atoms with Crippen LogP contribution < -0.4 is 14.8 Å². The van der Waals surface area contributed by atoms with Crippen molar-refractivity contribution in [3.8, 4) is 17.3 Å². The third kappa shape index (κ3) is 5.10. The number of ether oxygens (including phenoxy) is 3. The molecule has 1 aromatic carbocycles. The van der Waals surface area contributed by atoms with E-state index in [1.807, 2.05) is 18.2 Å². The van der Waals surface area contributed by atoms with Crippen LogP contribution in [0.15, 0.2) is 55.0 Å². The maximum absolute atomic E-state index is 12.5. The number of aromatic nitrogens is 3. The molecule has 3 aromatic rings. The summed E-state index contributed by atoms with van der Waals surface area (Å²) in [5.74, 6) is 0.551. The van der Waals surface area contributed by atoms with Gasteiger partial charge in [-0.2, -0.15) is 5.10 Å². The Labute approximate surface area is 167 Å². The standard InChI is InChI=1S/C20H20N4O5/c1-27-17-11-15(4-5-16(17)29-13-19(25)28-2)20(26)22-12-14-6-8-21-18(10-14)24-9-3-7-23-24/h3-11H,12-13H2,1-2H3,(H,22,26). The van der Waals surface area contributed by atoms with Crippen molar-refractivity contribution in [1.82, 2.24) is 20.1 Å². The van der Waals surface area contributed by atoms with Crippen LogP contribution in [0.2, 0.25) is 0 Å². The average Bonchev–Trinajstić information content (AvgIpc) is 3.31. The van der Waals surface area contributed by atoms with Crippen LogP contribution in [-0.4, -0.2) is 47.5 Å². The molecule has 29 heavy (non-hydrogen) atoms. The zero-order valence-corrected chi connectivity index (χ0v) is 16.0. The highest BCUT2D eigenvalue weighted by Crippen LogP contribution is 2.28. The van der Waals surface area contributed by atoms with Crippen molar-refractivity contribution in [2.24, 2.45) is 0 Å². The predicted molar refractivity (Wildman–Crippen MR) is 103 cm³/mol. The van der Waals surface area contributed by atoms with Crippen LogP contribution in [-0.2, 0) is 16.1 Å². The lowest BCUT2D eigenvalue weighted by atomic mass is 10.1. The van der Waals surface area contributed by atoms with Gasteiger partial charge in [-0.05, 0) is 42.0 Å². The maximum atomic E-state index is 12.5. The van der Waals surface area contributed by atoms with E-state index in [9.17, 15) is 9.59 Å². The normalized spacial score (nSPS) is 10.3. The van der Waals surface area contributed by atoms with Gasteiger partial charge in [-0.1, -0.05) is 0 Å². The highest BCUT2D eigenvalue weighted by Gasteiger charge is 2.13. The molecule has 0 bridgehead atoms. The minimum Gasteiger partial charge on any atom is -0.493 e. The summed E-state index contributed by atoms with van der Waals surface area (Å²) >= 11 is 0. The Morgan fingerprint density at radius 3 is 2.69 bits per heavy atom. The van der Waals surface area contributed by atoms with Crippen molar-refractivity contribution >= 4 is 11.9 Å². The number of rotatable bonds is 8. The van der Waals surface area contributed by atoms with Crippen molar-refractivity contribution < 1.29 is 23.8 Å². The van der Waals surface area contributed by atoms with Crippen molar-refractivity contribution in [2.75, 3.05) is 20.8 Å². The number of benzene rings is 1. The SMILES string of the molecule is COC(=O)COc1ccc(C(=O)NCc2ccnc(-n3cccn3)c2)cc1OC. The molecule has 0 spiro atoms. The number of nitrogens with one attached hydrogen (secondary N) is 1. The summed E-state index contributed by atoms with van der Waals surface area (Å²) in [7, 11) is 2.73. The number of hydrogen-bond donors (Lipinski definition) is 1. The predicted octanol–water partition coefficient (Wildman–Crippen LogP) is 1.76. The number of amides is 1. The molecule has 0 aliphatic heterocycles. The number of esters is 1. The van der Waals surface area contributed by atoms with Crippen molar-refractivity contribution in [3.63, 3.8) is 0 Å². The molecule has 150 valence electrons. The molecular formula is C20H20N4O5. The maximum Gasteiger partial charge on any atom is 0.343 e. The highest BCUT2D eigenvalue weighted by molar-refractivity contribution is 5.94. The first kappa shape index (κ1) is 19.9. The fourth-order valence-electron chi connectivity index (χ4n) is 2.51. The second-order valence-corrected chi connectivity index (χ2v) is 5.89. The minimum atomic E-state index is -0.513. The molecule has 0 aliphatic carbocycles. The van der Waals surface area contributed by atoms with Crippen LogP contribution in [0.3, 0.4) is 0 Å². The van der Waals surface area contributed by atoms with Gasteiger partial charge in [-0.25, -0.2) is 14.5 Å². The van der Waals surface area contributed by atoms with Crippen LogP contribution in [0.4, 0.5) is 0 Å². The molecule has 2 aromatic heterocycles. The Morgan fingerprint density at radius 2 is 1.97 bits per heavy atom. The van der Waals surface area contributed by atoms with Gasteiger partial charge in [-0.15, -0.1) is 0 Å². The van der Waals surface area contributed by atoms with E-state index in [4.69, 9.17) is 9.47 Å². The van der Waals surface area contributed by atoms with Crippen molar-refractivity contribution in [3.05, 3.63) is 66.1 Å². The number of nitrogens with zero attached hydrogens (tertiary/aromatic N) is 3. The van der Waals surface area contributed by atoms with Gasteiger partial charge in [-0.3, -0.25) is 4.79 Å². The fourth-order valence-corrected chi connectivity index (χ4v) is 2.51. The Bertz CT molecular complexity index is 988. The van der Waals surface area contributed by atoms with Crippen LogP contribution in [0.1, 0.15) is 15.9 Å². The van der Waals surface area contributed by atoms with Crippen LogP contribution in [0.5, 0.6) is 11.5 Å². The van der Waals surface area contributed by atoms with Gasteiger partial charge in [0.15, 0.2) is 23.9 Å². The molecule has 0 unspecified atom stereocenters. The summed E-state index contributed by atoms with van der Waals surface area (Å²) < 4.78 is 16.8. The number of carbonyl (C=O) groups excluding carboxylic acids is 2. The zero-order valence-electron chi connectivity index (χ0n) is 16.0. The Hall–Kier alpha value is -3.88. The number of pyridine rings is 1. The third-order valence-electron chi connectivity index (χ3n) is 4.00. The topological polar surface area (TPSA) is 105 Å². The molecule has 1 amide bonds. The van der Waals surface area contributed by atoms with E-state index in [-0.39, 0.29) is 12.5 Å².